The molecule has 102 valence electrons. The van der Waals surface area contributed by atoms with Gasteiger partial charge in [0.05, 0.1) is 5.69 Å². The standard InChI is InChI=1S/C14H17ClN2OS/c1-8(2)7-17(3)14(18)13-12(16)10-6-9(15)4-5-11(10)19-13/h4-6,8H,7,16H2,1-3H3. The molecule has 0 saturated heterocycles. The molecule has 19 heavy (non-hydrogen) atoms. The molecular formula is C14H17ClN2OS. The van der Waals surface area contributed by atoms with Gasteiger partial charge < -0.3 is 10.6 Å². The molecule has 0 radical (unpaired) electrons. The van der Waals surface area contributed by atoms with Gasteiger partial charge in [0.2, 0.25) is 0 Å². The molecule has 1 aromatic heterocycles. The first-order valence-electron chi connectivity index (χ1n) is 6.13. The van der Waals surface area contributed by atoms with Crippen molar-refractivity contribution in [3.05, 3.63) is 28.1 Å². The van der Waals surface area contributed by atoms with Crippen molar-refractivity contribution >= 4 is 44.6 Å². The smallest absolute Gasteiger partial charge is 0.265 e. The number of benzene rings is 1. The van der Waals surface area contributed by atoms with E-state index in [-0.39, 0.29) is 5.91 Å². The minimum atomic E-state index is -0.0245. The van der Waals surface area contributed by atoms with Crippen molar-refractivity contribution < 1.29 is 4.79 Å². The fourth-order valence-corrected chi connectivity index (χ4v) is 3.32. The summed E-state index contributed by atoms with van der Waals surface area (Å²) in [5.74, 6) is 0.405. The molecule has 1 amide bonds. The van der Waals surface area contributed by atoms with E-state index in [1.807, 2.05) is 18.2 Å². The summed E-state index contributed by atoms with van der Waals surface area (Å²) in [5, 5.41) is 1.49. The number of fused-ring (bicyclic) bond motifs is 1. The Bertz CT molecular complexity index is 621. The summed E-state index contributed by atoms with van der Waals surface area (Å²) in [5.41, 5.74) is 6.61. The van der Waals surface area contributed by atoms with Gasteiger partial charge in [-0.1, -0.05) is 25.4 Å². The van der Waals surface area contributed by atoms with Gasteiger partial charge in [0.25, 0.3) is 5.91 Å². The van der Waals surface area contributed by atoms with Gasteiger partial charge in [0.1, 0.15) is 4.88 Å². The molecule has 1 aromatic carbocycles. The first kappa shape index (κ1) is 14.2. The van der Waals surface area contributed by atoms with E-state index in [0.717, 1.165) is 10.1 Å². The number of nitrogens with two attached hydrogens (primary N) is 1. The van der Waals surface area contributed by atoms with E-state index in [2.05, 4.69) is 13.8 Å². The zero-order chi connectivity index (χ0) is 14.2. The van der Waals surface area contributed by atoms with E-state index >= 15 is 0 Å². The van der Waals surface area contributed by atoms with Crippen LogP contribution in [0.5, 0.6) is 0 Å². The number of amides is 1. The highest BCUT2D eigenvalue weighted by Crippen LogP contribution is 2.35. The Hall–Kier alpha value is -1.26. The largest absolute Gasteiger partial charge is 0.397 e. The van der Waals surface area contributed by atoms with E-state index in [1.54, 1.807) is 11.9 Å². The van der Waals surface area contributed by atoms with Crippen LogP contribution in [0.2, 0.25) is 5.02 Å². The van der Waals surface area contributed by atoms with Crippen LogP contribution in [-0.2, 0) is 0 Å². The first-order valence-corrected chi connectivity index (χ1v) is 7.32. The van der Waals surface area contributed by atoms with Crippen molar-refractivity contribution in [1.29, 1.82) is 0 Å². The van der Waals surface area contributed by atoms with Gasteiger partial charge in [-0.2, -0.15) is 0 Å². The van der Waals surface area contributed by atoms with Crippen LogP contribution >= 0.6 is 22.9 Å². The number of carbonyl (C=O) groups is 1. The number of anilines is 1. The molecule has 5 heteroatoms. The molecule has 3 nitrogen and oxygen atoms in total. The molecule has 1 heterocycles. The molecule has 0 aliphatic carbocycles. The lowest BCUT2D eigenvalue weighted by Crippen LogP contribution is -2.30. The number of carbonyl (C=O) groups excluding carboxylic acids is 1. The minimum Gasteiger partial charge on any atom is -0.397 e. The molecule has 0 bridgehead atoms. The highest BCUT2D eigenvalue weighted by atomic mass is 35.5. The Morgan fingerprint density at radius 3 is 2.79 bits per heavy atom. The zero-order valence-electron chi connectivity index (χ0n) is 11.2. The predicted octanol–water partition coefficient (Wildman–Crippen LogP) is 3.86. The molecule has 0 aliphatic rings. The SMILES string of the molecule is CC(C)CN(C)C(=O)c1sc2ccc(Cl)cc2c1N. The van der Waals surface area contributed by atoms with Gasteiger partial charge in [-0.05, 0) is 24.1 Å². The molecule has 0 unspecified atom stereocenters. The van der Waals surface area contributed by atoms with Gasteiger partial charge in [-0.25, -0.2) is 0 Å². The quantitative estimate of drug-likeness (QED) is 0.934. The van der Waals surface area contributed by atoms with Crippen LogP contribution in [0, 0.1) is 5.92 Å². The molecule has 0 spiro atoms. The van der Waals surface area contributed by atoms with Crippen LogP contribution in [0.3, 0.4) is 0 Å². The third-order valence-electron chi connectivity index (χ3n) is 2.87. The van der Waals surface area contributed by atoms with Crippen LogP contribution in [0.15, 0.2) is 18.2 Å². The Morgan fingerprint density at radius 1 is 1.47 bits per heavy atom. The number of nitrogen functional groups attached to an aromatic ring is 1. The van der Waals surface area contributed by atoms with E-state index in [4.69, 9.17) is 17.3 Å². The van der Waals surface area contributed by atoms with Crippen LogP contribution in [0.25, 0.3) is 10.1 Å². The molecule has 2 aromatic rings. The Labute approximate surface area is 122 Å². The molecular weight excluding hydrogens is 280 g/mol. The van der Waals surface area contributed by atoms with Crippen molar-refractivity contribution in [1.82, 2.24) is 4.90 Å². The predicted molar refractivity (Wildman–Crippen MR) is 83.0 cm³/mol. The number of hydrogen-bond donors (Lipinski definition) is 1. The summed E-state index contributed by atoms with van der Waals surface area (Å²) >= 11 is 7.39. The lowest BCUT2D eigenvalue weighted by Gasteiger charge is -2.18. The van der Waals surface area contributed by atoms with Crippen LogP contribution in [0.1, 0.15) is 23.5 Å². The first-order chi connectivity index (χ1) is 8.90. The molecule has 2 N–H and O–H groups in total. The maximum atomic E-state index is 12.4. The molecule has 0 fully saturated rings. The molecule has 0 aliphatic heterocycles. The molecule has 0 saturated carbocycles. The number of hydrogen-bond acceptors (Lipinski definition) is 3. The van der Waals surface area contributed by atoms with Crippen molar-refractivity contribution in [3.8, 4) is 0 Å². The monoisotopic (exact) mass is 296 g/mol. The molecule has 2 rings (SSSR count). The van der Waals surface area contributed by atoms with Gasteiger partial charge in [-0.3, -0.25) is 4.79 Å². The van der Waals surface area contributed by atoms with E-state index in [9.17, 15) is 4.79 Å². The Balaban J connectivity index is 2.40. The summed E-state index contributed by atoms with van der Waals surface area (Å²) in [6.45, 7) is 4.88. The molecule has 0 atom stereocenters. The van der Waals surface area contributed by atoms with Crippen molar-refractivity contribution in [2.75, 3.05) is 19.3 Å². The maximum absolute atomic E-state index is 12.4. The number of nitrogens with zero attached hydrogens (tertiary/aromatic N) is 1. The zero-order valence-corrected chi connectivity index (χ0v) is 12.8. The minimum absolute atomic E-state index is 0.0245. The summed E-state index contributed by atoms with van der Waals surface area (Å²) in [7, 11) is 1.80. The van der Waals surface area contributed by atoms with E-state index in [0.29, 0.717) is 28.0 Å². The Morgan fingerprint density at radius 2 is 2.16 bits per heavy atom. The number of halogens is 1. The lowest BCUT2D eigenvalue weighted by molar-refractivity contribution is 0.0785. The van der Waals surface area contributed by atoms with Crippen molar-refractivity contribution in [3.63, 3.8) is 0 Å². The van der Waals surface area contributed by atoms with Gasteiger partial charge in [-0.15, -0.1) is 11.3 Å². The fourth-order valence-electron chi connectivity index (χ4n) is 2.05. The van der Waals surface area contributed by atoms with E-state index < -0.39 is 0 Å². The third kappa shape index (κ3) is 2.85. The fraction of sp³-hybridized carbons (Fsp3) is 0.357. The van der Waals surface area contributed by atoms with Crippen LogP contribution < -0.4 is 5.73 Å². The lowest BCUT2D eigenvalue weighted by atomic mass is 10.2. The second-order valence-electron chi connectivity index (χ2n) is 5.06. The highest BCUT2D eigenvalue weighted by molar-refractivity contribution is 7.21. The van der Waals surface area contributed by atoms with Gasteiger partial charge >= 0.3 is 0 Å². The van der Waals surface area contributed by atoms with Gasteiger partial charge in [0, 0.05) is 28.7 Å². The highest BCUT2D eigenvalue weighted by Gasteiger charge is 2.20. The van der Waals surface area contributed by atoms with Crippen LogP contribution in [-0.4, -0.2) is 24.4 Å². The van der Waals surface area contributed by atoms with Gasteiger partial charge in [0.15, 0.2) is 0 Å². The number of rotatable bonds is 3. The second-order valence-corrected chi connectivity index (χ2v) is 6.55. The van der Waals surface area contributed by atoms with Crippen molar-refractivity contribution in [2.24, 2.45) is 5.92 Å². The summed E-state index contributed by atoms with van der Waals surface area (Å²) in [6, 6.07) is 5.52. The second kappa shape index (κ2) is 5.39. The summed E-state index contributed by atoms with van der Waals surface area (Å²) < 4.78 is 0.989. The van der Waals surface area contributed by atoms with Crippen LogP contribution in [0.4, 0.5) is 5.69 Å². The average molecular weight is 297 g/mol. The number of thiophene rings is 1. The Kier molecular flexibility index (Phi) is 4.02. The summed E-state index contributed by atoms with van der Waals surface area (Å²) in [6.07, 6.45) is 0. The normalized spacial score (nSPS) is 11.2. The third-order valence-corrected chi connectivity index (χ3v) is 4.28. The summed E-state index contributed by atoms with van der Waals surface area (Å²) in [4.78, 5) is 14.7. The average Bonchev–Trinajstić information content (AvgIpc) is 2.65. The van der Waals surface area contributed by atoms with Crippen molar-refractivity contribution in [2.45, 2.75) is 13.8 Å². The maximum Gasteiger partial charge on any atom is 0.265 e. The van der Waals surface area contributed by atoms with E-state index in [1.165, 1.54) is 11.3 Å². The topological polar surface area (TPSA) is 46.3 Å².